The molecule has 0 aliphatic heterocycles. The maximum absolute atomic E-state index is 4.09. The zero-order chi connectivity index (χ0) is 11.4. The molecule has 0 amide bonds. The van der Waals surface area contributed by atoms with E-state index in [0.717, 1.165) is 0 Å². The fourth-order valence-electron chi connectivity index (χ4n) is 1.80. The van der Waals surface area contributed by atoms with Gasteiger partial charge in [-0.3, -0.25) is 0 Å². The largest absolute Gasteiger partial charge is 0.162 e. The van der Waals surface area contributed by atoms with Gasteiger partial charge in [0.25, 0.3) is 0 Å². The molecule has 0 aromatic heterocycles. The van der Waals surface area contributed by atoms with Crippen LogP contribution in [0.1, 0.15) is 71.1 Å². The zero-order valence-corrected chi connectivity index (χ0v) is 11.6. The predicted molar refractivity (Wildman–Crippen MR) is 74.5 cm³/mol. The topological polar surface area (TPSA) is 0 Å². The highest BCUT2D eigenvalue weighted by molar-refractivity contribution is 7.99. The summed E-state index contributed by atoms with van der Waals surface area (Å²) in [6, 6.07) is 0. The second-order valence-electron chi connectivity index (χ2n) is 4.47. The third kappa shape index (κ3) is 12.3. The van der Waals surface area contributed by atoms with Gasteiger partial charge in [0.1, 0.15) is 0 Å². The highest BCUT2D eigenvalue weighted by atomic mass is 32.2. The molecule has 0 saturated heterocycles. The molecule has 0 rings (SSSR count). The normalized spacial score (nSPS) is 13.0. The van der Waals surface area contributed by atoms with E-state index in [1.165, 1.54) is 64.2 Å². The van der Waals surface area contributed by atoms with E-state index in [9.17, 15) is 0 Å². The van der Waals surface area contributed by atoms with E-state index in [-0.39, 0.29) is 0 Å². The standard InChI is InChI=1S/C14H29S/c1-4-5-6-7-8-9-10-11-12-13-14(2)15-3/h14H,2,4-13H2,1,3H3. The van der Waals surface area contributed by atoms with E-state index in [4.69, 9.17) is 0 Å². The van der Waals surface area contributed by atoms with Crippen LogP contribution in [0.2, 0.25) is 0 Å². The molecule has 0 saturated carbocycles. The molecule has 1 radical (unpaired) electrons. The molecule has 0 N–H and O–H groups in total. The first-order chi connectivity index (χ1) is 7.31. The van der Waals surface area contributed by atoms with E-state index in [1.807, 2.05) is 11.8 Å². The van der Waals surface area contributed by atoms with Gasteiger partial charge in [0.05, 0.1) is 0 Å². The lowest BCUT2D eigenvalue weighted by Crippen LogP contribution is -1.94. The van der Waals surface area contributed by atoms with Crippen LogP contribution in [0.5, 0.6) is 0 Å². The molecule has 0 aromatic carbocycles. The molecule has 0 nitrogen and oxygen atoms in total. The molecule has 1 heteroatoms. The number of hydrogen-bond donors (Lipinski definition) is 0. The summed E-state index contributed by atoms with van der Waals surface area (Å²) in [7, 11) is 0. The SMILES string of the molecule is [CH2]C(CCCCCCCCCCC)SC. The van der Waals surface area contributed by atoms with Crippen molar-refractivity contribution in [2.24, 2.45) is 0 Å². The van der Waals surface area contributed by atoms with Crippen molar-refractivity contribution < 1.29 is 0 Å². The van der Waals surface area contributed by atoms with Crippen molar-refractivity contribution in [1.29, 1.82) is 0 Å². The van der Waals surface area contributed by atoms with Crippen molar-refractivity contribution in [2.45, 2.75) is 76.4 Å². The van der Waals surface area contributed by atoms with Crippen molar-refractivity contribution in [3.63, 3.8) is 0 Å². The maximum atomic E-state index is 4.09. The van der Waals surface area contributed by atoms with Gasteiger partial charge in [0.2, 0.25) is 0 Å². The summed E-state index contributed by atoms with van der Waals surface area (Å²) in [6.07, 6.45) is 16.3. The Kier molecular flexibility index (Phi) is 12.7. The molecule has 0 spiro atoms. The van der Waals surface area contributed by atoms with Crippen LogP contribution >= 0.6 is 11.8 Å². The third-order valence-electron chi connectivity index (χ3n) is 2.96. The number of rotatable bonds is 11. The van der Waals surface area contributed by atoms with Crippen LogP contribution in [-0.4, -0.2) is 11.5 Å². The Hall–Kier alpha value is 0.350. The molecule has 1 unspecified atom stereocenters. The van der Waals surface area contributed by atoms with Gasteiger partial charge in [-0.05, 0) is 19.6 Å². The van der Waals surface area contributed by atoms with E-state index in [0.29, 0.717) is 5.25 Å². The molecule has 0 heterocycles. The molecule has 0 fully saturated rings. The molecule has 1 atom stereocenters. The van der Waals surface area contributed by atoms with Crippen LogP contribution in [0, 0.1) is 6.92 Å². The van der Waals surface area contributed by atoms with Crippen molar-refractivity contribution >= 4 is 11.8 Å². The Balaban J connectivity index is 2.92. The molecule has 91 valence electrons. The Morgan fingerprint density at radius 3 is 1.80 bits per heavy atom. The van der Waals surface area contributed by atoms with Crippen LogP contribution in [0.25, 0.3) is 0 Å². The lowest BCUT2D eigenvalue weighted by Gasteiger charge is -2.06. The van der Waals surface area contributed by atoms with Gasteiger partial charge in [-0.2, -0.15) is 11.8 Å². The van der Waals surface area contributed by atoms with Gasteiger partial charge in [-0.25, -0.2) is 0 Å². The highest BCUT2D eigenvalue weighted by Crippen LogP contribution is 2.15. The average Bonchev–Trinajstić information content (AvgIpc) is 2.26. The summed E-state index contributed by atoms with van der Waals surface area (Å²) >= 11 is 1.89. The quantitative estimate of drug-likeness (QED) is 0.423. The molecule has 0 aliphatic carbocycles. The first-order valence-corrected chi connectivity index (χ1v) is 7.96. The number of hydrogen-bond acceptors (Lipinski definition) is 1. The van der Waals surface area contributed by atoms with Crippen molar-refractivity contribution in [2.75, 3.05) is 6.26 Å². The average molecular weight is 229 g/mol. The van der Waals surface area contributed by atoms with E-state index < -0.39 is 0 Å². The van der Waals surface area contributed by atoms with Crippen LogP contribution in [0.15, 0.2) is 0 Å². The van der Waals surface area contributed by atoms with E-state index in [2.05, 4.69) is 20.1 Å². The lowest BCUT2D eigenvalue weighted by molar-refractivity contribution is 0.559. The van der Waals surface area contributed by atoms with Crippen LogP contribution in [-0.2, 0) is 0 Å². The van der Waals surface area contributed by atoms with E-state index in [1.54, 1.807) is 0 Å². The summed E-state index contributed by atoms with van der Waals surface area (Å²) < 4.78 is 0. The van der Waals surface area contributed by atoms with Crippen molar-refractivity contribution in [3.05, 3.63) is 6.92 Å². The Morgan fingerprint density at radius 2 is 1.33 bits per heavy atom. The number of thioether (sulfide) groups is 1. The van der Waals surface area contributed by atoms with E-state index >= 15 is 0 Å². The van der Waals surface area contributed by atoms with Gasteiger partial charge < -0.3 is 0 Å². The smallest absolute Gasteiger partial charge is 0.00446 e. The monoisotopic (exact) mass is 229 g/mol. The molecular formula is C14H29S. The summed E-state index contributed by atoms with van der Waals surface area (Å²) in [5, 5.41) is 0.620. The molecule has 0 aliphatic rings. The van der Waals surface area contributed by atoms with Gasteiger partial charge in [0, 0.05) is 5.25 Å². The minimum Gasteiger partial charge on any atom is -0.162 e. The minimum absolute atomic E-state index is 0.620. The fourth-order valence-corrected chi connectivity index (χ4v) is 2.20. The van der Waals surface area contributed by atoms with Crippen molar-refractivity contribution in [3.8, 4) is 0 Å². The van der Waals surface area contributed by atoms with Gasteiger partial charge in [-0.15, -0.1) is 0 Å². The second-order valence-corrected chi connectivity index (χ2v) is 5.61. The van der Waals surface area contributed by atoms with Gasteiger partial charge in [-0.1, -0.05) is 64.7 Å². The first kappa shape index (κ1) is 15.3. The Bertz CT molecular complexity index is 112. The van der Waals surface area contributed by atoms with Crippen LogP contribution in [0.4, 0.5) is 0 Å². The van der Waals surface area contributed by atoms with Crippen LogP contribution < -0.4 is 0 Å². The summed E-state index contributed by atoms with van der Waals surface area (Å²) in [5.74, 6) is 0. The Morgan fingerprint density at radius 1 is 0.867 bits per heavy atom. The highest BCUT2D eigenvalue weighted by Gasteiger charge is 1.98. The fraction of sp³-hybridized carbons (Fsp3) is 0.929. The molecule has 0 aromatic rings. The summed E-state index contributed by atoms with van der Waals surface area (Å²) in [4.78, 5) is 0. The summed E-state index contributed by atoms with van der Waals surface area (Å²) in [5.41, 5.74) is 0. The van der Waals surface area contributed by atoms with Crippen molar-refractivity contribution in [1.82, 2.24) is 0 Å². The van der Waals surface area contributed by atoms with Gasteiger partial charge in [0.15, 0.2) is 0 Å². The molecular weight excluding hydrogens is 200 g/mol. The number of unbranched alkanes of at least 4 members (excludes halogenated alkanes) is 8. The van der Waals surface area contributed by atoms with Gasteiger partial charge >= 0.3 is 0 Å². The maximum Gasteiger partial charge on any atom is 0.00446 e. The Labute approximate surface area is 102 Å². The minimum atomic E-state index is 0.620. The predicted octanol–water partition coefficient (Wildman–Crippen LogP) is 5.47. The molecule has 0 bridgehead atoms. The zero-order valence-electron chi connectivity index (χ0n) is 10.8. The first-order valence-electron chi connectivity index (χ1n) is 6.67. The lowest BCUT2D eigenvalue weighted by atomic mass is 10.1. The van der Waals surface area contributed by atoms with Crippen LogP contribution in [0.3, 0.4) is 0 Å². The molecule has 15 heavy (non-hydrogen) atoms. The third-order valence-corrected chi connectivity index (χ3v) is 3.87. The second kappa shape index (κ2) is 12.4. The summed E-state index contributed by atoms with van der Waals surface area (Å²) in [6.45, 7) is 6.37.